The summed E-state index contributed by atoms with van der Waals surface area (Å²) in [6, 6.07) is 6.31. The van der Waals surface area contributed by atoms with Gasteiger partial charge in [-0.15, -0.1) is 23.1 Å². The van der Waals surface area contributed by atoms with E-state index in [2.05, 4.69) is 10.3 Å². The lowest BCUT2D eigenvalue weighted by Crippen LogP contribution is -2.45. The van der Waals surface area contributed by atoms with E-state index < -0.39 is 12.0 Å². The number of aryl methyl sites for hydroxylation is 1. The highest BCUT2D eigenvalue weighted by atomic mass is 32.2. The predicted molar refractivity (Wildman–Crippen MR) is 101 cm³/mol. The summed E-state index contributed by atoms with van der Waals surface area (Å²) in [4.78, 5) is 29.1. The fourth-order valence-electron chi connectivity index (χ4n) is 2.24. The molecule has 2 rings (SSSR count). The number of carbonyl (C=O) groups is 2. The second-order valence-corrected chi connectivity index (χ2v) is 7.96. The Hall–Kier alpha value is -1.86. The van der Waals surface area contributed by atoms with Crippen LogP contribution in [0.4, 0.5) is 0 Å². The number of nitrogens with one attached hydrogen (secondary N) is 1. The number of benzene rings is 1. The van der Waals surface area contributed by atoms with Gasteiger partial charge in [0.15, 0.2) is 0 Å². The van der Waals surface area contributed by atoms with Gasteiger partial charge in [-0.25, -0.2) is 9.78 Å². The van der Waals surface area contributed by atoms with Crippen molar-refractivity contribution in [3.05, 3.63) is 45.9 Å². The molecule has 5 nitrogen and oxygen atoms in total. The Balaban J connectivity index is 1.96. The Kier molecular flexibility index (Phi) is 7.01. The fourth-order valence-corrected chi connectivity index (χ4v) is 3.75. The third kappa shape index (κ3) is 5.57. The smallest absolute Gasteiger partial charge is 0.326 e. The van der Waals surface area contributed by atoms with Crippen LogP contribution in [0, 0.1) is 12.8 Å². The third-order valence-corrected chi connectivity index (χ3v) is 5.80. The summed E-state index contributed by atoms with van der Waals surface area (Å²) in [6.07, 6.45) is 0.683. The molecule has 0 aliphatic carbocycles. The highest BCUT2D eigenvalue weighted by Gasteiger charge is 2.25. The zero-order chi connectivity index (χ0) is 18.4. The fraction of sp³-hybridized carbons (Fsp3) is 0.389. The van der Waals surface area contributed by atoms with Crippen LogP contribution >= 0.6 is 23.1 Å². The number of amides is 1. The van der Waals surface area contributed by atoms with Gasteiger partial charge in [-0.2, -0.15) is 0 Å². The second-order valence-electron chi connectivity index (χ2n) is 5.85. The summed E-state index contributed by atoms with van der Waals surface area (Å²) >= 11 is 3.29. The van der Waals surface area contributed by atoms with E-state index in [1.165, 1.54) is 0 Å². The van der Waals surface area contributed by atoms with Crippen molar-refractivity contribution in [3.63, 3.8) is 0 Å². The first-order chi connectivity index (χ1) is 11.9. The first kappa shape index (κ1) is 19.5. The molecule has 1 amide bonds. The maximum absolute atomic E-state index is 12.3. The molecule has 0 bridgehead atoms. The lowest BCUT2D eigenvalue weighted by atomic mass is 9.99. The molecule has 0 spiro atoms. The number of aliphatic carboxylic acids is 1. The van der Waals surface area contributed by atoms with Crippen molar-refractivity contribution in [1.82, 2.24) is 10.3 Å². The molecule has 0 saturated heterocycles. The Bertz CT molecular complexity index is 728. The van der Waals surface area contributed by atoms with Crippen molar-refractivity contribution < 1.29 is 14.7 Å². The first-order valence-corrected chi connectivity index (χ1v) is 9.94. The van der Waals surface area contributed by atoms with Gasteiger partial charge in [0, 0.05) is 21.6 Å². The van der Waals surface area contributed by atoms with Crippen LogP contribution in [0.2, 0.25) is 0 Å². The van der Waals surface area contributed by atoms with Crippen molar-refractivity contribution in [3.8, 4) is 0 Å². The molecule has 2 aromatic rings. The van der Waals surface area contributed by atoms with Crippen LogP contribution in [-0.4, -0.2) is 28.0 Å². The van der Waals surface area contributed by atoms with Crippen molar-refractivity contribution in [2.45, 2.75) is 43.9 Å². The summed E-state index contributed by atoms with van der Waals surface area (Å²) in [5, 5.41) is 15.0. The Morgan fingerprint density at radius 2 is 2.00 bits per heavy atom. The van der Waals surface area contributed by atoms with Crippen LogP contribution in [-0.2, 0) is 10.5 Å². The van der Waals surface area contributed by atoms with Crippen molar-refractivity contribution >= 4 is 35.0 Å². The molecule has 2 N–H and O–H groups in total. The number of hydrogen-bond acceptors (Lipinski definition) is 5. The number of thiazole rings is 1. The van der Waals surface area contributed by atoms with Crippen LogP contribution in [0.5, 0.6) is 0 Å². The number of nitrogens with zero attached hydrogens (tertiary/aromatic N) is 1. The van der Waals surface area contributed by atoms with Crippen LogP contribution in [0.25, 0.3) is 0 Å². The van der Waals surface area contributed by atoms with Crippen molar-refractivity contribution in [2.75, 3.05) is 0 Å². The van der Waals surface area contributed by atoms with Gasteiger partial charge in [-0.05, 0) is 37.1 Å². The van der Waals surface area contributed by atoms with E-state index in [4.69, 9.17) is 0 Å². The largest absolute Gasteiger partial charge is 0.480 e. The molecule has 0 saturated carbocycles. The molecule has 7 heteroatoms. The Labute approximate surface area is 155 Å². The number of carbonyl (C=O) groups excluding carboxylic acids is 1. The zero-order valence-corrected chi connectivity index (χ0v) is 16.1. The van der Waals surface area contributed by atoms with Gasteiger partial charge < -0.3 is 10.4 Å². The Morgan fingerprint density at radius 3 is 2.52 bits per heavy atom. The number of hydrogen-bond donors (Lipinski definition) is 2. The monoisotopic (exact) mass is 378 g/mol. The van der Waals surface area contributed by atoms with Gasteiger partial charge in [-0.3, -0.25) is 4.79 Å². The molecule has 134 valence electrons. The van der Waals surface area contributed by atoms with E-state index in [1.807, 2.05) is 38.3 Å². The quantitative estimate of drug-likeness (QED) is 0.680. The maximum Gasteiger partial charge on any atom is 0.326 e. The van der Waals surface area contributed by atoms with E-state index in [1.54, 1.807) is 35.2 Å². The maximum atomic E-state index is 12.3. The summed E-state index contributed by atoms with van der Waals surface area (Å²) in [5.41, 5.74) is 1.51. The van der Waals surface area contributed by atoms with Crippen LogP contribution in [0.1, 0.15) is 41.3 Å². The molecule has 1 aromatic heterocycles. The molecule has 0 radical (unpaired) electrons. The third-order valence-electron chi connectivity index (χ3n) is 3.94. The normalized spacial score (nSPS) is 13.2. The molecule has 0 fully saturated rings. The van der Waals surface area contributed by atoms with Crippen molar-refractivity contribution in [1.29, 1.82) is 0 Å². The standard InChI is InChI=1S/C18H22N2O3S2/c1-4-11(2)16(18(22)23)20-17(21)13-5-7-15(8-6-13)25-10-14-9-24-12(3)19-14/h5-9,11,16H,4,10H2,1-3H3,(H,20,21)(H,22,23)/t11-,16-/m0/s1. The highest BCUT2D eigenvalue weighted by Crippen LogP contribution is 2.24. The van der Waals surface area contributed by atoms with Crippen LogP contribution < -0.4 is 5.32 Å². The second kappa shape index (κ2) is 9.01. The topological polar surface area (TPSA) is 79.3 Å². The zero-order valence-electron chi connectivity index (χ0n) is 14.5. The van der Waals surface area contributed by atoms with E-state index in [0.717, 1.165) is 21.3 Å². The molecule has 25 heavy (non-hydrogen) atoms. The highest BCUT2D eigenvalue weighted by molar-refractivity contribution is 7.98. The number of carboxylic acid groups (broad SMARTS) is 1. The minimum absolute atomic E-state index is 0.127. The molecule has 0 unspecified atom stereocenters. The lowest BCUT2D eigenvalue weighted by molar-refractivity contribution is -0.140. The minimum Gasteiger partial charge on any atom is -0.480 e. The molecular weight excluding hydrogens is 356 g/mol. The molecule has 1 heterocycles. The minimum atomic E-state index is -1.01. The number of carboxylic acids is 1. The number of thioether (sulfide) groups is 1. The average molecular weight is 379 g/mol. The van der Waals surface area contributed by atoms with Crippen LogP contribution in [0.15, 0.2) is 34.5 Å². The summed E-state index contributed by atoms with van der Waals surface area (Å²) < 4.78 is 0. The van der Waals surface area contributed by atoms with E-state index in [-0.39, 0.29) is 11.8 Å². The Morgan fingerprint density at radius 1 is 1.32 bits per heavy atom. The van der Waals surface area contributed by atoms with Crippen molar-refractivity contribution in [2.24, 2.45) is 5.92 Å². The SMILES string of the molecule is CC[C@H](C)[C@H](NC(=O)c1ccc(SCc2csc(C)n2)cc1)C(=O)O. The number of aromatic nitrogens is 1. The average Bonchev–Trinajstić information content (AvgIpc) is 3.02. The molecule has 2 atom stereocenters. The summed E-state index contributed by atoms with van der Waals surface area (Å²) in [5.74, 6) is -0.712. The molecule has 0 aliphatic rings. The first-order valence-electron chi connectivity index (χ1n) is 8.08. The van der Waals surface area contributed by atoms with Gasteiger partial charge in [0.25, 0.3) is 5.91 Å². The van der Waals surface area contributed by atoms with Gasteiger partial charge in [0.2, 0.25) is 0 Å². The van der Waals surface area contributed by atoms with Gasteiger partial charge >= 0.3 is 5.97 Å². The lowest BCUT2D eigenvalue weighted by Gasteiger charge is -2.20. The molecule has 1 aromatic carbocycles. The summed E-state index contributed by atoms with van der Waals surface area (Å²) in [7, 11) is 0. The molecule has 0 aliphatic heterocycles. The van der Waals surface area contributed by atoms with Crippen LogP contribution in [0.3, 0.4) is 0 Å². The van der Waals surface area contributed by atoms with Gasteiger partial charge in [-0.1, -0.05) is 20.3 Å². The molecular formula is C18H22N2O3S2. The van der Waals surface area contributed by atoms with E-state index >= 15 is 0 Å². The number of rotatable bonds is 8. The predicted octanol–water partition coefficient (Wildman–Crippen LogP) is 3.97. The van der Waals surface area contributed by atoms with E-state index in [9.17, 15) is 14.7 Å². The van der Waals surface area contributed by atoms with E-state index in [0.29, 0.717) is 12.0 Å². The van der Waals surface area contributed by atoms with Gasteiger partial charge in [0.05, 0.1) is 10.7 Å². The van der Waals surface area contributed by atoms with Gasteiger partial charge in [0.1, 0.15) is 6.04 Å². The summed E-state index contributed by atoms with van der Waals surface area (Å²) in [6.45, 7) is 5.71.